The minimum absolute atomic E-state index is 0.153. The fraction of sp³-hybridized carbons (Fsp3) is 0.433. The van der Waals surface area contributed by atoms with Crippen LogP contribution in [0.4, 0.5) is 5.82 Å². The molecule has 2 aromatic heterocycles. The zero-order valence-corrected chi connectivity index (χ0v) is 21.7. The van der Waals surface area contributed by atoms with Crippen LogP contribution in [0.1, 0.15) is 69.8 Å². The lowest BCUT2D eigenvalue weighted by molar-refractivity contribution is -0.134. The molecule has 1 aliphatic rings. The molecule has 1 aliphatic carbocycles. The van der Waals surface area contributed by atoms with E-state index in [0.29, 0.717) is 24.8 Å². The first-order valence-corrected chi connectivity index (χ1v) is 13.3. The fourth-order valence-electron chi connectivity index (χ4n) is 5.27. The number of nitrogen functional groups attached to an aromatic ring is 1. The highest BCUT2D eigenvalue weighted by Crippen LogP contribution is 2.41. The summed E-state index contributed by atoms with van der Waals surface area (Å²) in [6, 6.07) is 16.7. The first kappa shape index (κ1) is 24.3. The van der Waals surface area contributed by atoms with Gasteiger partial charge in [0.2, 0.25) is 5.91 Å². The van der Waals surface area contributed by atoms with Crippen LogP contribution in [-0.2, 0) is 24.3 Å². The first-order chi connectivity index (χ1) is 17.4. The minimum Gasteiger partial charge on any atom is -0.382 e. The molecule has 1 amide bonds. The molecule has 2 aromatic carbocycles. The summed E-state index contributed by atoms with van der Waals surface area (Å²) in [5, 5.41) is 4.24. The molecule has 188 valence electrons. The quantitative estimate of drug-likeness (QED) is 0.306. The molecule has 6 nitrogen and oxygen atoms in total. The van der Waals surface area contributed by atoms with Crippen molar-refractivity contribution in [3.05, 3.63) is 65.5 Å². The van der Waals surface area contributed by atoms with Crippen molar-refractivity contribution in [2.45, 2.75) is 72.4 Å². The Bertz CT molecular complexity index is 1380. The Morgan fingerprint density at radius 2 is 1.81 bits per heavy atom. The summed E-state index contributed by atoms with van der Waals surface area (Å²) >= 11 is 0. The Labute approximate surface area is 213 Å². The lowest BCUT2D eigenvalue weighted by Gasteiger charge is -2.39. The average Bonchev–Trinajstić information content (AvgIpc) is 3.19. The second-order valence-corrected chi connectivity index (χ2v) is 10.8. The molecular weight excluding hydrogens is 446 g/mol. The second kappa shape index (κ2) is 9.92. The van der Waals surface area contributed by atoms with Gasteiger partial charge in [-0.1, -0.05) is 76.1 Å². The van der Waals surface area contributed by atoms with E-state index in [1.807, 2.05) is 18.2 Å². The molecule has 0 spiro atoms. The van der Waals surface area contributed by atoms with Gasteiger partial charge in [0.05, 0.1) is 11.0 Å². The number of amides is 1. The van der Waals surface area contributed by atoms with Gasteiger partial charge < -0.3 is 15.6 Å². The highest BCUT2D eigenvalue weighted by molar-refractivity contribution is 6.06. The average molecular weight is 484 g/mol. The highest BCUT2D eigenvalue weighted by Gasteiger charge is 2.39. The van der Waals surface area contributed by atoms with Gasteiger partial charge in [-0.2, -0.15) is 0 Å². The number of hydrogen-bond donors (Lipinski definition) is 2. The predicted octanol–water partition coefficient (Wildman–Crippen LogP) is 6.00. The maximum Gasteiger partial charge on any atom is 0.226 e. The Kier molecular flexibility index (Phi) is 6.69. The maximum absolute atomic E-state index is 12.8. The van der Waals surface area contributed by atoms with Crippen molar-refractivity contribution in [2.24, 2.45) is 11.3 Å². The SMILES string of the molecule is CCCCc1nc2c(N)nc3ccccc3c2n1Cc1ccc(CNC(=O)C(C)(C)C2CCC2)cc1. The summed E-state index contributed by atoms with van der Waals surface area (Å²) in [5.41, 5.74) is 11.1. The standard InChI is InChI=1S/C30H37N5O/c1-4-5-13-25-34-26-27(23-11-6-7-12-24(23)33-28(26)31)35(25)19-21-16-14-20(15-17-21)18-32-29(36)30(2,3)22-9-8-10-22/h6-7,11-12,14-17,22H,4-5,8-10,13,18-19H2,1-3H3,(H2,31,33)(H,32,36). The molecular formula is C30H37N5O. The number of anilines is 1. The monoisotopic (exact) mass is 483 g/mol. The summed E-state index contributed by atoms with van der Waals surface area (Å²) < 4.78 is 2.31. The molecule has 1 saturated carbocycles. The number of imidazole rings is 1. The Morgan fingerprint density at radius 3 is 2.50 bits per heavy atom. The molecule has 0 saturated heterocycles. The van der Waals surface area contributed by atoms with Crippen molar-refractivity contribution in [2.75, 3.05) is 5.73 Å². The number of nitrogens with two attached hydrogens (primary N) is 1. The number of aryl methyl sites for hydroxylation is 1. The number of hydrogen-bond acceptors (Lipinski definition) is 4. The zero-order valence-electron chi connectivity index (χ0n) is 21.7. The van der Waals surface area contributed by atoms with E-state index in [0.717, 1.165) is 65.4 Å². The largest absolute Gasteiger partial charge is 0.382 e. The number of pyridine rings is 1. The molecule has 0 atom stereocenters. The van der Waals surface area contributed by atoms with Crippen LogP contribution in [0.15, 0.2) is 48.5 Å². The van der Waals surface area contributed by atoms with E-state index in [1.54, 1.807) is 0 Å². The predicted molar refractivity (Wildman–Crippen MR) is 147 cm³/mol. The third kappa shape index (κ3) is 4.57. The lowest BCUT2D eigenvalue weighted by Crippen LogP contribution is -2.43. The van der Waals surface area contributed by atoms with Crippen LogP contribution in [0.2, 0.25) is 0 Å². The third-order valence-corrected chi connectivity index (χ3v) is 7.97. The van der Waals surface area contributed by atoms with Crippen LogP contribution < -0.4 is 11.1 Å². The van der Waals surface area contributed by atoms with Crippen molar-refractivity contribution >= 4 is 33.7 Å². The van der Waals surface area contributed by atoms with E-state index in [-0.39, 0.29) is 11.3 Å². The smallest absolute Gasteiger partial charge is 0.226 e. The van der Waals surface area contributed by atoms with Crippen LogP contribution in [0.3, 0.4) is 0 Å². The molecule has 0 radical (unpaired) electrons. The van der Waals surface area contributed by atoms with Crippen LogP contribution in [-0.4, -0.2) is 20.4 Å². The number of unbranched alkanes of at least 4 members (excludes halogenated alkanes) is 1. The minimum atomic E-state index is -0.297. The van der Waals surface area contributed by atoms with Gasteiger partial charge in [0, 0.05) is 30.3 Å². The van der Waals surface area contributed by atoms with Crippen LogP contribution in [0.25, 0.3) is 21.9 Å². The van der Waals surface area contributed by atoms with Crippen molar-refractivity contribution in [3.63, 3.8) is 0 Å². The van der Waals surface area contributed by atoms with Gasteiger partial charge in [0.15, 0.2) is 5.82 Å². The number of carbonyl (C=O) groups excluding carboxylic acids is 1. The second-order valence-electron chi connectivity index (χ2n) is 10.8. The van der Waals surface area contributed by atoms with Crippen LogP contribution in [0, 0.1) is 11.3 Å². The normalized spacial score (nSPS) is 14.3. The molecule has 4 aromatic rings. The molecule has 2 heterocycles. The van der Waals surface area contributed by atoms with Crippen molar-refractivity contribution in [1.82, 2.24) is 19.9 Å². The summed E-state index contributed by atoms with van der Waals surface area (Å²) in [5.74, 6) is 2.19. The Hall–Kier alpha value is -3.41. The maximum atomic E-state index is 12.8. The van der Waals surface area contributed by atoms with Crippen LogP contribution in [0.5, 0.6) is 0 Å². The lowest BCUT2D eigenvalue weighted by atomic mass is 9.67. The van der Waals surface area contributed by atoms with Crippen molar-refractivity contribution in [1.29, 1.82) is 0 Å². The number of aromatic nitrogens is 3. The van der Waals surface area contributed by atoms with Gasteiger partial charge in [0.25, 0.3) is 0 Å². The number of rotatable bonds is 9. The topological polar surface area (TPSA) is 85.8 Å². The number of para-hydroxylation sites is 1. The van der Waals surface area contributed by atoms with E-state index in [9.17, 15) is 4.79 Å². The van der Waals surface area contributed by atoms with Gasteiger partial charge >= 0.3 is 0 Å². The molecule has 5 rings (SSSR count). The van der Waals surface area contributed by atoms with Gasteiger partial charge in [-0.3, -0.25) is 4.79 Å². The van der Waals surface area contributed by atoms with Gasteiger partial charge in [0.1, 0.15) is 11.3 Å². The van der Waals surface area contributed by atoms with Gasteiger partial charge in [-0.15, -0.1) is 0 Å². The Balaban J connectivity index is 1.39. The number of fused-ring (bicyclic) bond motifs is 3. The zero-order chi connectivity index (χ0) is 25.3. The molecule has 0 bridgehead atoms. The number of carbonyl (C=O) groups is 1. The molecule has 0 unspecified atom stereocenters. The molecule has 36 heavy (non-hydrogen) atoms. The summed E-state index contributed by atoms with van der Waals surface area (Å²) in [7, 11) is 0. The first-order valence-electron chi connectivity index (χ1n) is 13.3. The molecule has 3 N–H and O–H groups in total. The van der Waals surface area contributed by atoms with E-state index in [4.69, 9.17) is 10.7 Å². The van der Waals surface area contributed by atoms with E-state index in [1.165, 1.54) is 12.0 Å². The van der Waals surface area contributed by atoms with E-state index in [2.05, 4.69) is 66.0 Å². The van der Waals surface area contributed by atoms with Crippen molar-refractivity contribution < 1.29 is 4.79 Å². The third-order valence-electron chi connectivity index (χ3n) is 7.97. The van der Waals surface area contributed by atoms with Gasteiger partial charge in [-0.05, 0) is 42.4 Å². The molecule has 0 aliphatic heterocycles. The summed E-state index contributed by atoms with van der Waals surface area (Å²) in [4.78, 5) is 22.3. The van der Waals surface area contributed by atoms with Gasteiger partial charge in [-0.25, -0.2) is 9.97 Å². The fourth-order valence-corrected chi connectivity index (χ4v) is 5.27. The summed E-state index contributed by atoms with van der Waals surface area (Å²) in [6.45, 7) is 7.62. The van der Waals surface area contributed by atoms with Crippen molar-refractivity contribution in [3.8, 4) is 0 Å². The number of benzene rings is 2. The number of nitrogens with one attached hydrogen (secondary N) is 1. The number of nitrogens with zero attached hydrogens (tertiary/aromatic N) is 3. The van der Waals surface area contributed by atoms with E-state index < -0.39 is 0 Å². The highest BCUT2D eigenvalue weighted by atomic mass is 16.2. The van der Waals surface area contributed by atoms with E-state index >= 15 is 0 Å². The summed E-state index contributed by atoms with van der Waals surface area (Å²) in [6.07, 6.45) is 6.65. The molecule has 1 fully saturated rings. The van der Waals surface area contributed by atoms with Crippen LogP contribution >= 0.6 is 0 Å². The molecule has 6 heteroatoms. The Morgan fingerprint density at radius 1 is 1.08 bits per heavy atom.